The van der Waals surface area contributed by atoms with Gasteiger partial charge in [0.05, 0.1) is 13.3 Å². The van der Waals surface area contributed by atoms with E-state index in [1.54, 1.807) is 7.11 Å². The van der Waals surface area contributed by atoms with Gasteiger partial charge < -0.3 is 10.1 Å². The standard InChI is InChI=1S/C12H15N3O/c1-13-7-10-8-14-15(9-10)11-5-3-4-6-12(11)16-2/h3-6,8-9,13H,7H2,1-2H3. The minimum absolute atomic E-state index is 0.815. The lowest BCUT2D eigenvalue weighted by Gasteiger charge is -2.07. The van der Waals surface area contributed by atoms with Gasteiger partial charge in [-0.3, -0.25) is 0 Å². The SMILES string of the molecule is CNCc1cnn(-c2ccccc2OC)c1. The van der Waals surface area contributed by atoms with Gasteiger partial charge in [0.1, 0.15) is 11.4 Å². The van der Waals surface area contributed by atoms with Gasteiger partial charge in [-0.05, 0) is 19.2 Å². The summed E-state index contributed by atoms with van der Waals surface area (Å²) in [6.07, 6.45) is 3.84. The smallest absolute Gasteiger partial charge is 0.144 e. The Kier molecular flexibility index (Phi) is 3.22. The number of hydrogen-bond acceptors (Lipinski definition) is 3. The number of nitrogens with zero attached hydrogens (tertiary/aromatic N) is 2. The Morgan fingerprint density at radius 2 is 2.19 bits per heavy atom. The summed E-state index contributed by atoms with van der Waals surface area (Å²) in [7, 11) is 3.58. The van der Waals surface area contributed by atoms with Crippen LogP contribution >= 0.6 is 0 Å². The number of methoxy groups -OCH3 is 1. The van der Waals surface area contributed by atoms with E-state index in [4.69, 9.17) is 4.74 Å². The van der Waals surface area contributed by atoms with Gasteiger partial charge in [0.25, 0.3) is 0 Å². The number of para-hydroxylation sites is 2. The quantitative estimate of drug-likeness (QED) is 0.845. The summed E-state index contributed by atoms with van der Waals surface area (Å²) in [5.41, 5.74) is 2.10. The van der Waals surface area contributed by atoms with Crippen LogP contribution in [0.2, 0.25) is 0 Å². The molecule has 0 aliphatic heterocycles. The summed E-state index contributed by atoms with van der Waals surface area (Å²) in [5, 5.41) is 7.40. The molecule has 2 rings (SSSR count). The van der Waals surface area contributed by atoms with Crippen LogP contribution in [0.5, 0.6) is 5.75 Å². The molecule has 0 saturated heterocycles. The van der Waals surface area contributed by atoms with Crippen molar-refractivity contribution in [1.29, 1.82) is 0 Å². The molecule has 84 valence electrons. The highest BCUT2D eigenvalue weighted by atomic mass is 16.5. The Labute approximate surface area is 94.9 Å². The summed E-state index contributed by atoms with van der Waals surface area (Å²) in [4.78, 5) is 0. The van der Waals surface area contributed by atoms with E-state index in [1.165, 1.54) is 0 Å². The van der Waals surface area contributed by atoms with Crippen LogP contribution in [-0.4, -0.2) is 23.9 Å². The summed E-state index contributed by atoms with van der Waals surface area (Å²) in [6, 6.07) is 7.82. The second-order valence-electron chi connectivity index (χ2n) is 3.50. The maximum absolute atomic E-state index is 5.29. The monoisotopic (exact) mass is 217 g/mol. The molecule has 0 unspecified atom stereocenters. The average Bonchev–Trinajstić information content (AvgIpc) is 2.78. The molecule has 0 fully saturated rings. The predicted octanol–water partition coefficient (Wildman–Crippen LogP) is 1.60. The largest absolute Gasteiger partial charge is 0.494 e. The van der Waals surface area contributed by atoms with Gasteiger partial charge in [-0.25, -0.2) is 4.68 Å². The van der Waals surface area contributed by atoms with Crippen molar-refractivity contribution in [2.75, 3.05) is 14.2 Å². The number of rotatable bonds is 4. The maximum Gasteiger partial charge on any atom is 0.144 e. The molecule has 4 heteroatoms. The molecular weight excluding hydrogens is 202 g/mol. The lowest BCUT2D eigenvalue weighted by Crippen LogP contribution is -2.03. The molecule has 1 heterocycles. The van der Waals surface area contributed by atoms with E-state index < -0.39 is 0 Å². The second-order valence-corrected chi connectivity index (χ2v) is 3.50. The zero-order chi connectivity index (χ0) is 11.4. The maximum atomic E-state index is 5.29. The zero-order valence-corrected chi connectivity index (χ0v) is 9.47. The van der Waals surface area contributed by atoms with Crippen molar-refractivity contribution in [3.63, 3.8) is 0 Å². The van der Waals surface area contributed by atoms with Crippen LogP contribution in [0, 0.1) is 0 Å². The Bertz CT molecular complexity index is 465. The Morgan fingerprint density at radius 1 is 1.38 bits per heavy atom. The van der Waals surface area contributed by atoms with E-state index in [-0.39, 0.29) is 0 Å². The number of hydrogen-bond donors (Lipinski definition) is 1. The fourth-order valence-corrected chi connectivity index (χ4v) is 1.61. The van der Waals surface area contributed by atoms with Crippen LogP contribution in [-0.2, 0) is 6.54 Å². The van der Waals surface area contributed by atoms with Crippen molar-refractivity contribution in [3.8, 4) is 11.4 Å². The Morgan fingerprint density at radius 3 is 2.94 bits per heavy atom. The summed E-state index contributed by atoms with van der Waals surface area (Å²) >= 11 is 0. The van der Waals surface area contributed by atoms with Crippen molar-refractivity contribution < 1.29 is 4.74 Å². The number of aromatic nitrogens is 2. The van der Waals surface area contributed by atoms with Crippen LogP contribution in [0.25, 0.3) is 5.69 Å². The molecule has 0 atom stereocenters. The van der Waals surface area contributed by atoms with Crippen molar-refractivity contribution >= 4 is 0 Å². The van der Waals surface area contributed by atoms with E-state index in [2.05, 4.69) is 10.4 Å². The molecule has 1 N–H and O–H groups in total. The third-order valence-electron chi connectivity index (χ3n) is 2.35. The molecule has 1 aromatic carbocycles. The lowest BCUT2D eigenvalue weighted by molar-refractivity contribution is 0.411. The van der Waals surface area contributed by atoms with Crippen molar-refractivity contribution in [2.45, 2.75) is 6.54 Å². The van der Waals surface area contributed by atoms with Gasteiger partial charge in [0, 0.05) is 18.3 Å². The minimum atomic E-state index is 0.815. The average molecular weight is 217 g/mol. The highest BCUT2D eigenvalue weighted by Gasteiger charge is 2.05. The van der Waals surface area contributed by atoms with E-state index in [1.807, 2.05) is 48.4 Å². The fourth-order valence-electron chi connectivity index (χ4n) is 1.61. The predicted molar refractivity (Wildman–Crippen MR) is 62.9 cm³/mol. The number of ether oxygens (including phenoxy) is 1. The van der Waals surface area contributed by atoms with E-state index in [0.717, 1.165) is 23.5 Å². The third kappa shape index (κ3) is 2.06. The molecular formula is C12H15N3O. The van der Waals surface area contributed by atoms with E-state index in [9.17, 15) is 0 Å². The van der Waals surface area contributed by atoms with Crippen molar-refractivity contribution in [2.24, 2.45) is 0 Å². The molecule has 0 aliphatic rings. The van der Waals surface area contributed by atoms with Gasteiger partial charge in [0.15, 0.2) is 0 Å². The molecule has 0 bridgehead atoms. The first-order chi connectivity index (χ1) is 7.85. The number of nitrogens with one attached hydrogen (secondary N) is 1. The summed E-state index contributed by atoms with van der Waals surface area (Å²) in [6.45, 7) is 0.815. The first kappa shape index (κ1) is 10.7. The molecule has 2 aromatic rings. The van der Waals surface area contributed by atoms with Gasteiger partial charge in [0.2, 0.25) is 0 Å². The Balaban J connectivity index is 2.34. The van der Waals surface area contributed by atoms with Crippen LogP contribution in [0.15, 0.2) is 36.7 Å². The van der Waals surface area contributed by atoms with E-state index in [0.29, 0.717) is 0 Å². The van der Waals surface area contributed by atoms with Gasteiger partial charge in [-0.2, -0.15) is 5.10 Å². The highest BCUT2D eigenvalue weighted by Crippen LogP contribution is 2.21. The van der Waals surface area contributed by atoms with Crippen molar-refractivity contribution in [3.05, 3.63) is 42.2 Å². The first-order valence-corrected chi connectivity index (χ1v) is 5.16. The van der Waals surface area contributed by atoms with E-state index >= 15 is 0 Å². The van der Waals surface area contributed by atoms with Crippen LogP contribution in [0.1, 0.15) is 5.56 Å². The van der Waals surface area contributed by atoms with Crippen LogP contribution in [0.4, 0.5) is 0 Å². The molecule has 1 aromatic heterocycles. The highest BCUT2D eigenvalue weighted by molar-refractivity contribution is 5.46. The molecule has 0 aliphatic carbocycles. The van der Waals surface area contributed by atoms with Crippen molar-refractivity contribution in [1.82, 2.24) is 15.1 Å². The Hall–Kier alpha value is -1.81. The van der Waals surface area contributed by atoms with Gasteiger partial charge in [-0.15, -0.1) is 0 Å². The second kappa shape index (κ2) is 4.81. The summed E-state index contributed by atoms with van der Waals surface area (Å²) in [5.74, 6) is 0.821. The molecule has 0 radical (unpaired) electrons. The molecule has 0 spiro atoms. The summed E-state index contributed by atoms with van der Waals surface area (Å²) < 4.78 is 7.12. The third-order valence-corrected chi connectivity index (χ3v) is 2.35. The van der Waals surface area contributed by atoms with Crippen LogP contribution < -0.4 is 10.1 Å². The first-order valence-electron chi connectivity index (χ1n) is 5.16. The molecule has 4 nitrogen and oxygen atoms in total. The molecule has 0 amide bonds. The van der Waals surface area contributed by atoms with Gasteiger partial charge >= 0.3 is 0 Å². The van der Waals surface area contributed by atoms with Gasteiger partial charge in [-0.1, -0.05) is 12.1 Å². The zero-order valence-electron chi connectivity index (χ0n) is 9.47. The van der Waals surface area contributed by atoms with Crippen LogP contribution in [0.3, 0.4) is 0 Å². The molecule has 16 heavy (non-hydrogen) atoms. The number of benzene rings is 1. The minimum Gasteiger partial charge on any atom is -0.494 e. The lowest BCUT2D eigenvalue weighted by atomic mass is 10.3. The molecule has 0 saturated carbocycles. The normalized spacial score (nSPS) is 10.4. The topological polar surface area (TPSA) is 39.1 Å². The fraction of sp³-hybridized carbons (Fsp3) is 0.250.